The van der Waals surface area contributed by atoms with Crippen LogP contribution in [0.2, 0.25) is 0 Å². The van der Waals surface area contributed by atoms with Crippen molar-refractivity contribution in [3.63, 3.8) is 0 Å². The van der Waals surface area contributed by atoms with Crippen LogP contribution in [0.5, 0.6) is 5.75 Å². The predicted octanol–water partition coefficient (Wildman–Crippen LogP) is 3.16. The summed E-state index contributed by atoms with van der Waals surface area (Å²) in [5, 5.41) is 13.8. The van der Waals surface area contributed by atoms with Gasteiger partial charge in [-0.05, 0) is 81.8 Å². The zero-order valence-electron chi connectivity index (χ0n) is 20.3. The molecule has 1 unspecified atom stereocenters. The fourth-order valence-electron chi connectivity index (χ4n) is 4.67. The Labute approximate surface area is 204 Å². The zero-order chi connectivity index (χ0) is 24.6. The second-order valence-corrected chi connectivity index (χ2v) is 9.86. The third-order valence-electron chi connectivity index (χ3n) is 6.97. The molecule has 2 aromatic carbocycles. The predicted molar refractivity (Wildman–Crippen MR) is 134 cm³/mol. The molecule has 8 heteroatoms. The van der Waals surface area contributed by atoms with Gasteiger partial charge in [-0.15, -0.1) is 0 Å². The molecule has 2 heterocycles. The Morgan fingerprint density at radius 2 is 2.09 bits per heavy atom. The number of aromatic nitrogens is 2. The minimum absolute atomic E-state index is 0.123. The maximum Gasteiger partial charge on any atom is 0.265 e. The van der Waals surface area contributed by atoms with Gasteiger partial charge in [0, 0.05) is 24.7 Å². The van der Waals surface area contributed by atoms with Gasteiger partial charge >= 0.3 is 0 Å². The van der Waals surface area contributed by atoms with Crippen LogP contribution in [0, 0.1) is 6.92 Å². The highest BCUT2D eigenvalue weighted by Gasteiger charge is 2.33. The van der Waals surface area contributed by atoms with E-state index < -0.39 is 5.72 Å². The second-order valence-electron chi connectivity index (χ2n) is 9.86. The lowest BCUT2D eigenvalue weighted by Crippen LogP contribution is -2.41. The number of ether oxygens (including phenoxy) is 1. The number of aliphatic hydroxyl groups is 1. The Bertz CT molecular complexity index is 1310. The lowest BCUT2D eigenvalue weighted by Gasteiger charge is -2.29. The van der Waals surface area contributed by atoms with Crippen molar-refractivity contribution in [2.75, 3.05) is 19.7 Å². The maximum absolute atomic E-state index is 13.4. The smallest absolute Gasteiger partial charge is 0.265 e. The number of hydrogen-bond donors (Lipinski definition) is 2. The molecule has 1 aromatic heterocycles. The molecular formula is C27H32N4O4. The summed E-state index contributed by atoms with van der Waals surface area (Å²) >= 11 is 0. The molecule has 1 saturated carbocycles. The van der Waals surface area contributed by atoms with Gasteiger partial charge in [-0.3, -0.25) is 19.1 Å². The molecule has 3 aromatic rings. The van der Waals surface area contributed by atoms with Gasteiger partial charge in [0.15, 0.2) is 0 Å². The average molecular weight is 477 g/mol. The van der Waals surface area contributed by atoms with Crippen LogP contribution in [-0.4, -0.2) is 56.9 Å². The number of nitrogens with one attached hydrogen (secondary N) is 1. The molecule has 0 spiro atoms. The summed E-state index contributed by atoms with van der Waals surface area (Å²) in [5.41, 5.74) is 1.69. The van der Waals surface area contributed by atoms with E-state index in [0.29, 0.717) is 34.5 Å². The van der Waals surface area contributed by atoms with Crippen LogP contribution in [0.25, 0.3) is 16.6 Å². The van der Waals surface area contributed by atoms with Crippen molar-refractivity contribution < 1.29 is 14.6 Å². The van der Waals surface area contributed by atoms with E-state index >= 15 is 0 Å². The van der Waals surface area contributed by atoms with E-state index in [0.717, 1.165) is 50.8 Å². The molecule has 0 radical (unpaired) electrons. The van der Waals surface area contributed by atoms with Crippen LogP contribution < -0.4 is 15.6 Å². The van der Waals surface area contributed by atoms with E-state index in [4.69, 9.17) is 4.74 Å². The van der Waals surface area contributed by atoms with E-state index in [-0.39, 0.29) is 17.5 Å². The lowest BCUT2D eigenvalue weighted by atomic mass is 10.1. The standard InChI is InChI=1S/C27H32N4O4/c1-18-5-6-19(25(32)29-20-7-8-20)15-24(18)31-17-28-23-10-9-21(16-22(23)26(31)33)35-14-4-13-30-12-3-11-27(30,2)34/h5-6,9-10,15-17,20,34H,3-4,7-8,11-14H2,1-2H3,(H,29,32). The summed E-state index contributed by atoms with van der Waals surface area (Å²) in [6.07, 6.45) is 6.12. The number of likely N-dealkylation sites (tertiary alicyclic amines) is 1. The largest absolute Gasteiger partial charge is 0.494 e. The molecule has 2 fully saturated rings. The first-order chi connectivity index (χ1) is 16.8. The summed E-state index contributed by atoms with van der Waals surface area (Å²) in [6.45, 7) is 5.92. The van der Waals surface area contributed by atoms with Gasteiger partial charge in [0.2, 0.25) is 0 Å². The molecule has 2 aliphatic rings. The summed E-state index contributed by atoms with van der Waals surface area (Å²) in [5.74, 6) is 0.485. The van der Waals surface area contributed by atoms with Gasteiger partial charge < -0.3 is 15.2 Å². The fourth-order valence-corrected chi connectivity index (χ4v) is 4.67. The highest BCUT2D eigenvalue weighted by Crippen LogP contribution is 2.26. The first-order valence-corrected chi connectivity index (χ1v) is 12.4. The molecule has 1 atom stereocenters. The van der Waals surface area contributed by atoms with Crippen molar-refractivity contribution in [3.05, 3.63) is 64.2 Å². The van der Waals surface area contributed by atoms with Crippen LogP contribution >= 0.6 is 0 Å². The molecular weight excluding hydrogens is 444 g/mol. The number of nitrogens with zero attached hydrogens (tertiary/aromatic N) is 3. The molecule has 1 saturated heterocycles. The van der Waals surface area contributed by atoms with Crippen LogP contribution in [0.1, 0.15) is 54.9 Å². The van der Waals surface area contributed by atoms with Crippen LogP contribution in [0.4, 0.5) is 0 Å². The number of fused-ring (bicyclic) bond motifs is 1. The molecule has 1 amide bonds. The topological polar surface area (TPSA) is 96.7 Å². The molecule has 1 aliphatic carbocycles. The highest BCUT2D eigenvalue weighted by atomic mass is 16.5. The molecule has 2 N–H and O–H groups in total. The number of rotatable bonds is 8. The molecule has 0 bridgehead atoms. The minimum Gasteiger partial charge on any atom is -0.494 e. The number of carbonyl (C=O) groups is 1. The SMILES string of the molecule is Cc1ccc(C(=O)NC2CC2)cc1-n1cnc2ccc(OCCCN3CCCC3(C)O)cc2c1=O. The van der Waals surface area contributed by atoms with Crippen molar-refractivity contribution in [1.29, 1.82) is 0 Å². The van der Waals surface area contributed by atoms with Gasteiger partial charge in [-0.25, -0.2) is 4.98 Å². The Hall–Kier alpha value is -3.23. The van der Waals surface area contributed by atoms with Gasteiger partial charge in [0.05, 0.1) is 23.2 Å². The first kappa shape index (κ1) is 23.5. The third-order valence-corrected chi connectivity index (χ3v) is 6.97. The van der Waals surface area contributed by atoms with Crippen molar-refractivity contribution in [1.82, 2.24) is 19.8 Å². The Morgan fingerprint density at radius 1 is 1.26 bits per heavy atom. The molecule has 184 valence electrons. The highest BCUT2D eigenvalue weighted by molar-refractivity contribution is 5.95. The van der Waals surface area contributed by atoms with Crippen LogP contribution in [-0.2, 0) is 0 Å². The molecule has 8 nitrogen and oxygen atoms in total. The van der Waals surface area contributed by atoms with E-state index in [1.165, 1.54) is 10.9 Å². The lowest BCUT2D eigenvalue weighted by molar-refractivity contribution is -0.0651. The van der Waals surface area contributed by atoms with E-state index in [2.05, 4.69) is 15.2 Å². The van der Waals surface area contributed by atoms with Crippen LogP contribution in [0.15, 0.2) is 47.5 Å². The monoisotopic (exact) mass is 476 g/mol. The Balaban J connectivity index is 1.34. The minimum atomic E-state index is -0.728. The van der Waals surface area contributed by atoms with Gasteiger partial charge in [-0.1, -0.05) is 6.07 Å². The summed E-state index contributed by atoms with van der Waals surface area (Å²) in [4.78, 5) is 32.5. The Kier molecular flexibility index (Phi) is 6.34. The molecule has 1 aliphatic heterocycles. The first-order valence-electron chi connectivity index (χ1n) is 12.4. The van der Waals surface area contributed by atoms with Crippen LogP contribution in [0.3, 0.4) is 0 Å². The zero-order valence-corrected chi connectivity index (χ0v) is 20.3. The average Bonchev–Trinajstić information content (AvgIpc) is 3.58. The van der Waals surface area contributed by atoms with E-state index in [1.807, 2.05) is 26.0 Å². The summed E-state index contributed by atoms with van der Waals surface area (Å²) in [7, 11) is 0. The van der Waals surface area contributed by atoms with E-state index in [9.17, 15) is 14.7 Å². The van der Waals surface area contributed by atoms with Crippen molar-refractivity contribution in [2.45, 2.75) is 57.7 Å². The maximum atomic E-state index is 13.4. The number of benzene rings is 2. The molecule has 35 heavy (non-hydrogen) atoms. The van der Waals surface area contributed by atoms with Crippen molar-refractivity contribution >= 4 is 16.8 Å². The normalized spacial score (nSPS) is 20.3. The Morgan fingerprint density at radius 3 is 2.83 bits per heavy atom. The summed E-state index contributed by atoms with van der Waals surface area (Å²) < 4.78 is 7.41. The quantitative estimate of drug-likeness (QED) is 0.485. The third kappa shape index (κ3) is 5.09. The number of aryl methyl sites for hydroxylation is 1. The van der Waals surface area contributed by atoms with E-state index in [1.54, 1.807) is 24.3 Å². The number of carbonyl (C=O) groups excluding carboxylic acids is 1. The van der Waals surface area contributed by atoms with Crippen molar-refractivity contribution in [3.8, 4) is 11.4 Å². The van der Waals surface area contributed by atoms with Gasteiger partial charge in [-0.2, -0.15) is 0 Å². The summed E-state index contributed by atoms with van der Waals surface area (Å²) in [6, 6.07) is 11.0. The second kappa shape index (κ2) is 9.43. The molecule has 5 rings (SSSR count). The van der Waals surface area contributed by atoms with Crippen molar-refractivity contribution in [2.24, 2.45) is 0 Å². The number of amides is 1. The van der Waals surface area contributed by atoms with Gasteiger partial charge in [0.25, 0.3) is 11.5 Å². The van der Waals surface area contributed by atoms with Gasteiger partial charge in [0.1, 0.15) is 17.8 Å². The number of hydrogen-bond acceptors (Lipinski definition) is 6. The fraction of sp³-hybridized carbons (Fsp3) is 0.444.